The van der Waals surface area contributed by atoms with Crippen molar-refractivity contribution in [2.24, 2.45) is 0 Å². The van der Waals surface area contributed by atoms with Gasteiger partial charge >= 0.3 is 0 Å². The fraction of sp³-hybridized carbons (Fsp3) is 0.125. The van der Waals surface area contributed by atoms with E-state index in [-0.39, 0.29) is 6.61 Å². The minimum Gasteiger partial charge on any atom is -0.489 e. The van der Waals surface area contributed by atoms with Crippen molar-refractivity contribution in [2.45, 2.75) is 6.61 Å². The predicted molar refractivity (Wildman–Crippen MR) is 78.7 cm³/mol. The Morgan fingerprint density at radius 3 is 2.76 bits per heavy atom. The number of hydrogen-bond acceptors (Lipinski definition) is 4. The van der Waals surface area contributed by atoms with Gasteiger partial charge in [0, 0.05) is 5.02 Å². The largest absolute Gasteiger partial charge is 0.489 e. The first-order chi connectivity index (χ1) is 10.2. The van der Waals surface area contributed by atoms with Gasteiger partial charge in [-0.05, 0) is 35.9 Å². The van der Waals surface area contributed by atoms with Crippen LogP contribution in [0.2, 0.25) is 5.02 Å². The van der Waals surface area contributed by atoms with Crippen LogP contribution >= 0.6 is 11.6 Å². The van der Waals surface area contributed by atoms with Crippen molar-refractivity contribution in [2.75, 3.05) is 6.61 Å². The van der Waals surface area contributed by atoms with Crippen LogP contribution in [-0.4, -0.2) is 12.9 Å². The Bertz CT molecular complexity index is 679. The van der Waals surface area contributed by atoms with E-state index in [0.717, 1.165) is 5.56 Å². The molecule has 0 aliphatic carbocycles. The van der Waals surface area contributed by atoms with Crippen molar-refractivity contribution in [1.82, 2.24) is 0 Å². The minimum absolute atomic E-state index is 0.108. The Hall–Kier alpha value is -2.51. The van der Waals surface area contributed by atoms with Crippen molar-refractivity contribution in [3.05, 3.63) is 58.6 Å². The van der Waals surface area contributed by atoms with Gasteiger partial charge in [0.1, 0.15) is 24.2 Å². The van der Waals surface area contributed by atoms with Gasteiger partial charge in [0.15, 0.2) is 12.9 Å². The Balaban J connectivity index is 2.07. The second-order valence-corrected chi connectivity index (χ2v) is 4.62. The second kappa shape index (κ2) is 7.32. The highest BCUT2D eigenvalue weighted by atomic mass is 35.5. The molecule has 0 amide bonds. The van der Waals surface area contributed by atoms with Crippen molar-refractivity contribution < 1.29 is 14.3 Å². The summed E-state index contributed by atoms with van der Waals surface area (Å²) in [6, 6.07) is 14.1. The monoisotopic (exact) mass is 301 g/mol. The summed E-state index contributed by atoms with van der Waals surface area (Å²) in [5.41, 5.74) is 1.27. The molecule has 0 N–H and O–H groups in total. The molecular weight excluding hydrogens is 290 g/mol. The van der Waals surface area contributed by atoms with Crippen LogP contribution in [0.5, 0.6) is 11.5 Å². The molecule has 0 heterocycles. The lowest BCUT2D eigenvalue weighted by Crippen LogP contribution is -1.99. The highest BCUT2D eigenvalue weighted by Gasteiger charge is 2.06. The molecule has 0 aliphatic heterocycles. The van der Waals surface area contributed by atoms with Gasteiger partial charge in [0.05, 0.1) is 5.56 Å². The predicted octanol–water partition coefficient (Wildman–Crippen LogP) is 3.63. The van der Waals surface area contributed by atoms with E-state index in [1.165, 1.54) is 0 Å². The van der Waals surface area contributed by atoms with E-state index in [4.69, 9.17) is 26.3 Å². The van der Waals surface area contributed by atoms with E-state index >= 15 is 0 Å². The van der Waals surface area contributed by atoms with Gasteiger partial charge in [0.2, 0.25) is 0 Å². The van der Waals surface area contributed by atoms with Crippen molar-refractivity contribution in [3.63, 3.8) is 0 Å². The standard InChI is InChI=1S/C16H12ClNO3/c17-14-3-1-2-12(8-14)11-21-15-4-5-16(20-7-6-18)13(9-15)10-19/h1-5,8-10H,7,11H2. The van der Waals surface area contributed by atoms with Crippen LogP contribution in [0.4, 0.5) is 0 Å². The molecule has 0 aliphatic rings. The van der Waals surface area contributed by atoms with E-state index in [1.54, 1.807) is 24.3 Å². The highest BCUT2D eigenvalue weighted by molar-refractivity contribution is 6.30. The van der Waals surface area contributed by atoms with Crippen LogP contribution in [0.3, 0.4) is 0 Å². The van der Waals surface area contributed by atoms with Crippen molar-refractivity contribution in [1.29, 1.82) is 5.26 Å². The van der Waals surface area contributed by atoms with E-state index in [1.807, 2.05) is 24.3 Å². The van der Waals surface area contributed by atoms with Gasteiger partial charge in [-0.2, -0.15) is 5.26 Å². The van der Waals surface area contributed by atoms with E-state index in [0.29, 0.717) is 35.0 Å². The van der Waals surface area contributed by atoms with E-state index in [9.17, 15) is 4.79 Å². The Labute approximate surface area is 127 Å². The molecule has 2 aromatic rings. The summed E-state index contributed by atoms with van der Waals surface area (Å²) in [7, 11) is 0. The quantitative estimate of drug-likeness (QED) is 0.764. The Morgan fingerprint density at radius 1 is 1.19 bits per heavy atom. The summed E-state index contributed by atoms with van der Waals surface area (Å²) in [6.45, 7) is 0.237. The maximum atomic E-state index is 11.0. The summed E-state index contributed by atoms with van der Waals surface area (Å²) < 4.78 is 10.8. The molecule has 0 saturated heterocycles. The molecule has 21 heavy (non-hydrogen) atoms. The molecule has 0 radical (unpaired) electrons. The molecule has 2 aromatic carbocycles. The maximum Gasteiger partial charge on any atom is 0.174 e. The number of nitriles is 1. The molecule has 0 aromatic heterocycles. The van der Waals surface area contributed by atoms with Crippen LogP contribution in [0.15, 0.2) is 42.5 Å². The van der Waals surface area contributed by atoms with Crippen LogP contribution in [0, 0.1) is 11.3 Å². The summed E-state index contributed by atoms with van der Waals surface area (Å²) in [5, 5.41) is 9.12. The van der Waals surface area contributed by atoms with E-state index < -0.39 is 0 Å². The molecule has 5 heteroatoms. The third kappa shape index (κ3) is 4.23. The Kier molecular flexibility index (Phi) is 5.19. The number of nitrogens with zero attached hydrogens (tertiary/aromatic N) is 1. The first kappa shape index (κ1) is 14.9. The minimum atomic E-state index is -0.108. The zero-order valence-corrected chi connectivity index (χ0v) is 11.8. The summed E-state index contributed by atoms with van der Waals surface area (Å²) in [6.07, 6.45) is 0.666. The molecule has 4 nitrogen and oxygen atoms in total. The fourth-order valence-corrected chi connectivity index (χ4v) is 1.96. The van der Waals surface area contributed by atoms with Crippen LogP contribution in [0.1, 0.15) is 15.9 Å². The van der Waals surface area contributed by atoms with Gasteiger partial charge in [-0.3, -0.25) is 4.79 Å². The highest BCUT2D eigenvalue weighted by Crippen LogP contribution is 2.24. The molecule has 0 saturated carbocycles. The van der Waals surface area contributed by atoms with Gasteiger partial charge in [-0.25, -0.2) is 0 Å². The van der Waals surface area contributed by atoms with Crippen molar-refractivity contribution >= 4 is 17.9 Å². The number of carbonyl (C=O) groups is 1. The molecule has 0 unspecified atom stereocenters. The van der Waals surface area contributed by atoms with E-state index in [2.05, 4.69) is 0 Å². The lowest BCUT2D eigenvalue weighted by molar-refractivity contribution is 0.111. The van der Waals surface area contributed by atoms with Crippen LogP contribution in [-0.2, 0) is 6.61 Å². The molecule has 2 rings (SSSR count). The van der Waals surface area contributed by atoms with Crippen molar-refractivity contribution in [3.8, 4) is 17.6 Å². The molecule has 0 fully saturated rings. The molecule has 0 bridgehead atoms. The first-order valence-electron chi connectivity index (χ1n) is 6.19. The van der Waals surface area contributed by atoms with Gasteiger partial charge in [-0.15, -0.1) is 0 Å². The molecular formula is C16H12ClNO3. The number of halogens is 1. The lowest BCUT2D eigenvalue weighted by atomic mass is 10.2. The zero-order chi connectivity index (χ0) is 15.1. The van der Waals surface area contributed by atoms with Crippen LogP contribution in [0.25, 0.3) is 0 Å². The third-order valence-corrected chi connectivity index (χ3v) is 2.93. The van der Waals surface area contributed by atoms with Gasteiger partial charge in [0.25, 0.3) is 0 Å². The smallest absolute Gasteiger partial charge is 0.174 e. The number of hydrogen-bond donors (Lipinski definition) is 0. The molecule has 0 atom stereocenters. The second-order valence-electron chi connectivity index (χ2n) is 4.18. The number of ether oxygens (including phenoxy) is 2. The first-order valence-corrected chi connectivity index (χ1v) is 6.57. The number of rotatable bonds is 6. The Morgan fingerprint density at radius 2 is 2.05 bits per heavy atom. The SMILES string of the molecule is N#CCOc1ccc(OCc2cccc(Cl)c2)cc1C=O. The van der Waals surface area contributed by atoms with Gasteiger partial charge < -0.3 is 9.47 Å². The average molecular weight is 302 g/mol. The normalized spacial score (nSPS) is 9.71. The van der Waals surface area contributed by atoms with Gasteiger partial charge in [-0.1, -0.05) is 23.7 Å². The fourth-order valence-electron chi connectivity index (χ4n) is 1.74. The van der Waals surface area contributed by atoms with Crippen LogP contribution < -0.4 is 9.47 Å². The molecule has 0 spiro atoms. The lowest BCUT2D eigenvalue weighted by Gasteiger charge is -2.09. The maximum absolute atomic E-state index is 11.0. The average Bonchev–Trinajstić information content (AvgIpc) is 2.51. The number of benzene rings is 2. The summed E-state index contributed by atoms with van der Waals surface area (Å²) >= 11 is 5.90. The number of carbonyl (C=O) groups excluding carboxylic acids is 1. The summed E-state index contributed by atoms with van der Waals surface area (Å²) in [4.78, 5) is 11.0. The number of aldehydes is 1. The zero-order valence-electron chi connectivity index (χ0n) is 11.1. The summed E-state index contributed by atoms with van der Waals surface area (Å²) in [5.74, 6) is 0.906. The third-order valence-electron chi connectivity index (χ3n) is 2.69. The molecule has 106 valence electrons. The topological polar surface area (TPSA) is 59.3 Å².